The molecule has 6 heteroatoms. The van der Waals surface area contributed by atoms with Crippen molar-refractivity contribution in [3.05, 3.63) is 33.7 Å². The molecule has 0 bridgehead atoms. The molecular formula is C13H12O6. The number of fused-ring (bicyclic) bond motifs is 2. The summed E-state index contributed by atoms with van der Waals surface area (Å²) in [5, 5.41) is 28.8. The molecule has 1 aliphatic heterocycles. The van der Waals surface area contributed by atoms with Crippen molar-refractivity contribution in [2.24, 2.45) is 0 Å². The highest BCUT2D eigenvalue weighted by Crippen LogP contribution is 2.32. The molecule has 3 N–H and O–H groups in total. The number of rotatable bonds is 0. The van der Waals surface area contributed by atoms with Gasteiger partial charge in [0, 0.05) is 6.07 Å². The van der Waals surface area contributed by atoms with E-state index >= 15 is 0 Å². The van der Waals surface area contributed by atoms with Crippen LogP contribution in [0.4, 0.5) is 0 Å². The van der Waals surface area contributed by atoms with Crippen LogP contribution in [0.2, 0.25) is 0 Å². The first kappa shape index (κ1) is 12.0. The van der Waals surface area contributed by atoms with Crippen molar-refractivity contribution < 1.29 is 24.5 Å². The Morgan fingerprint density at radius 3 is 2.68 bits per heavy atom. The Morgan fingerprint density at radius 1 is 1.26 bits per heavy atom. The van der Waals surface area contributed by atoms with Crippen molar-refractivity contribution in [1.82, 2.24) is 0 Å². The molecule has 0 spiro atoms. The van der Waals surface area contributed by atoms with Crippen LogP contribution in [0.15, 0.2) is 21.3 Å². The smallest absolute Gasteiger partial charge is 0.198 e. The Balaban J connectivity index is 2.31. The lowest BCUT2D eigenvalue weighted by Gasteiger charge is -2.28. The number of hydrogen-bond acceptors (Lipinski definition) is 6. The maximum absolute atomic E-state index is 12.2. The van der Waals surface area contributed by atoms with Crippen LogP contribution in [0.5, 0.6) is 11.5 Å². The molecule has 2 aromatic rings. The van der Waals surface area contributed by atoms with Gasteiger partial charge in [-0.3, -0.25) is 4.79 Å². The van der Waals surface area contributed by atoms with E-state index in [0.717, 1.165) is 6.07 Å². The number of hydrogen-bond donors (Lipinski definition) is 3. The Bertz CT molecular complexity index is 728. The van der Waals surface area contributed by atoms with Gasteiger partial charge in [-0.05, 0) is 13.0 Å². The van der Waals surface area contributed by atoms with E-state index in [2.05, 4.69) is 0 Å². The molecular weight excluding hydrogens is 252 g/mol. The fraction of sp³-hybridized carbons (Fsp3) is 0.308. The molecule has 0 amide bonds. The highest BCUT2D eigenvalue weighted by atomic mass is 16.6. The van der Waals surface area contributed by atoms with Crippen molar-refractivity contribution in [3.8, 4) is 11.5 Å². The van der Waals surface area contributed by atoms with Gasteiger partial charge < -0.3 is 24.5 Å². The molecule has 0 radical (unpaired) electrons. The van der Waals surface area contributed by atoms with Crippen molar-refractivity contribution in [2.45, 2.75) is 25.7 Å². The zero-order valence-corrected chi connectivity index (χ0v) is 10.1. The summed E-state index contributed by atoms with van der Waals surface area (Å²) >= 11 is 0. The predicted octanol–water partition coefficient (Wildman–Crippen LogP) is 0.985. The monoisotopic (exact) mass is 264 g/mol. The third kappa shape index (κ3) is 1.85. The summed E-state index contributed by atoms with van der Waals surface area (Å²) in [6.45, 7) is 1.43. The van der Waals surface area contributed by atoms with Gasteiger partial charge in [0.15, 0.2) is 22.7 Å². The maximum atomic E-state index is 12.2. The number of benzene rings is 1. The van der Waals surface area contributed by atoms with Crippen LogP contribution >= 0.6 is 0 Å². The minimum atomic E-state index is -1.38. The van der Waals surface area contributed by atoms with Gasteiger partial charge in [-0.2, -0.15) is 0 Å². The topological polar surface area (TPSA) is 100 Å². The van der Waals surface area contributed by atoms with Gasteiger partial charge >= 0.3 is 0 Å². The van der Waals surface area contributed by atoms with Crippen molar-refractivity contribution in [2.75, 3.05) is 0 Å². The Labute approximate surface area is 107 Å². The molecule has 1 atom stereocenters. The summed E-state index contributed by atoms with van der Waals surface area (Å²) in [4.78, 5) is 12.2. The van der Waals surface area contributed by atoms with E-state index in [9.17, 15) is 20.1 Å². The molecule has 0 saturated carbocycles. The van der Waals surface area contributed by atoms with Gasteiger partial charge in [0.1, 0.15) is 11.3 Å². The minimum Gasteiger partial charge on any atom is -0.504 e. The normalized spacial score (nSPS) is 22.4. The Hall–Kier alpha value is -2.05. The van der Waals surface area contributed by atoms with E-state index in [1.165, 1.54) is 13.0 Å². The summed E-state index contributed by atoms with van der Waals surface area (Å²) in [5.74, 6) is -1.80. The average Bonchev–Trinajstić information content (AvgIpc) is 2.31. The number of aliphatic hydroxyl groups is 1. The molecule has 0 unspecified atom stereocenters. The van der Waals surface area contributed by atoms with Crippen LogP contribution in [0.3, 0.4) is 0 Å². The lowest BCUT2D eigenvalue weighted by molar-refractivity contribution is -0.207. The summed E-state index contributed by atoms with van der Waals surface area (Å²) in [6.07, 6.45) is 0.0507. The third-order valence-electron chi connectivity index (χ3n) is 3.18. The fourth-order valence-electron chi connectivity index (χ4n) is 2.17. The second-order valence-corrected chi connectivity index (χ2v) is 4.81. The molecule has 1 aromatic carbocycles. The van der Waals surface area contributed by atoms with Crippen LogP contribution in [-0.4, -0.2) is 21.1 Å². The molecule has 0 saturated heterocycles. The molecule has 0 aliphatic carbocycles. The second-order valence-electron chi connectivity index (χ2n) is 4.81. The number of phenols is 2. The molecule has 2 heterocycles. The number of ether oxygens (including phenoxy) is 1. The van der Waals surface area contributed by atoms with E-state index < -0.39 is 5.79 Å². The first-order chi connectivity index (χ1) is 8.87. The molecule has 6 nitrogen and oxygen atoms in total. The lowest BCUT2D eigenvalue weighted by atomic mass is 10.0. The van der Waals surface area contributed by atoms with E-state index in [1.807, 2.05) is 0 Å². The largest absolute Gasteiger partial charge is 0.504 e. The first-order valence-corrected chi connectivity index (χ1v) is 5.74. The van der Waals surface area contributed by atoms with Crippen LogP contribution in [0.1, 0.15) is 18.2 Å². The number of phenolic OH excluding ortho intramolecular Hbond substituents is 2. The molecule has 1 aliphatic rings. The van der Waals surface area contributed by atoms with E-state index in [1.54, 1.807) is 0 Å². The Morgan fingerprint density at radius 2 is 1.95 bits per heavy atom. The maximum Gasteiger partial charge on any atom is 0.198 e. The summed E-state index contributed by atoms with van der Waals surface area (Å²) in [6, 6.07) is 2.33. The van der Waals surface area contributed by atoms with Gasteiger partial charge in [0.05, 0.1) is 24.0 Å². The molecule has 0 fully saturated rings. The van der Waals surface area contributed by atoms with Crippen molar-refractivity contribution >= 4 is 11.0 Å². The lowest BCUT2D eigenvalue weighted by Crippen LogP contribution is -2.37. The average molecular weight is 264 g/mol. The van der Waals surface area contributed by atoms with Gasteiger partial charge in [-0.15, -0.1) is 0 Å². The van der Waals surface area contributed by atoms with Crippen LogP contribution < -0.4 is 5.43 Å². The quantitative estimate of drug-likeness (QED) is 0.613. The zero-order valence-electron chi connectivity index (χ0n) is 10.1. The Kier molecular flexibility index (Phi) is 2.35. The third-order valence-corrected chi connectivity index (χ3v) is 3.18. The van der Waals surface area contributed by atoms with E-state index in [-0.39, 0.29) is 40.9 Å². The van der Waals surface area contributed by atoms with E-state index in [0.29, 0.717) is 11.3 Å². The summed E-state index contributed by atoms with van der Waals surface area (Å²) < 4.78 is 10.7. The van der Waals surface area contributed by atoms with Crippen molar-refractivity contribution in [3.63, 3.8) is 0 Å². The summed E-state index contributed by atoms with van der Waals surface area (Å²) in [5.41, 5.74) is 0.155. The highest BCUT2D eigenvalue weighted by molar-refractivity contribution is 5.81. The van der Waals surface area contributed by atoms with Crippen LogP contribution in [0, 0.1) is 0 Å². The molecule has 1 aromatic heterocycles. The van der Waals surface area contributed by atoms with Crippen LogP contribution in [0.25, 0.3) is 11.0 Å². The first-order valence-electron chi connectivity index (χ1n) is 5.74. The second kappa shape index (κ2) is 3.72. The highest BCUT2D eigenvalue weighted by Gasteiger charge is 2.32. The van der Waals surface area contributed by atoms with Crippen LogP contribution in [-0.2, 0) is 17.8 Å². The van der Waals surface area contributed by atoms with E-state index in [4.69, 9.17) is 9.15 Å². The summed E-state index contributed by atoms with van der Waals surface area (Å²) in [7, 11) is 0. The van der Waals surface area contributed by atoms with Gasteiger partial charge in [-0.25, -0.2) is 0 Å². The zero-order chi connectivity index (χ0) is 13.8. The van der Waals surface area contributed by atoms with Gasteiger partial charge in [-0.1, -0.05) is 0 Å². The molecule has 19 heavy (non-hydrogen) atoms. The van der Waals surface area contributed by atoms with Gasteiger partial charge in [0.25, 0.3) is 0 Å². The fourth-order valence-corrected chi connectivity index (χ4v) is 2.17. The molecule has 3 rings (SSSR count). The SMILES string of the molecule is C[C@]1(O)Cc2oc3cc(O)c(O)cc3c(=O)c2CO1. The minimum absolute atomic E-state index is 0.0507. The molecule has 100 valence electrons. The van der Waals surface area contributed by atoms with Gasteiger partial charge in [0.2, 0.25) is 0 Å². The standard InChI is InChI=1S/C13H12O6/c1-13(17)4-11-7(5-18-13)12(16)6-2-8(14)9(15)3-10(6)19-11/h2-3,14-15,17H,4-5H2,1H3/t13-/m1/s1. The predicted molar refractivity (Wildman–Crippen MR) is 64.9 cm³/mol. The number of aromatic hydroxyl groups is 2. The van der Waals surface area contributed by atoms with Crippen molar-refractivity contribution in [1.29, 1.82) is 0 Å².